The smallest absolute Gasteiger partial charge is 0.127 e. The predicted octanol–water partition coefficient (Wildman–Crippen LogP) is 2.76. The predicted molar refractivity (Wildman–Crippen MR) is 108 cm³/mol. The first-order valence-corrected chi connectivity index (χ1v) is 9.85. The highest BCUT2D eigenvalue weighted by Gasteiger charge is 2.32. The van der Waals surface area contributed by atoms with Gasteiger partial charge in [-0.1, -0.05) is 0 Å². The number of rotatable bonds is 7. The molecule has 0 radical (unpaired) electrons. The Morgan fingerprint density at radius 3 is 1.84 bits per heavy atom. The lowest BCUT2D eigenvalue weighted by molar-refractivity contribution is -0.0275. The van der Waals surface area contributed by atoms with Gasteiger partial charge < -0.3 is 19.7 Å². The normalized spacial score (nSPS) is 24.5. The van der Waals surface area contributed by atoms with Gasteiger partial charge in [-0.3, -0.25) is 5.01 Å². The highest BCUT2D eigenvalue weighted by Crippen LogP contribution is 2.31. The second-order valence-corrected chi connectivity index (χ2v) is 7.44. The van der Waals surface area contributed by atoms with Crippen LogP contribution < -0.4 is 9.47 Å². The largest absolute Gasteiger partial charge is 0.487 e. The molecule has 2 N–H and O–H groups in total. The van der Waals surface area contributed by atoms with Crippen LogP contribution in [0.15, 0.2) is 41.7 Å². The third-order valence-electron chi connectivity index (χ3n) is 5.29. The highest BCUT2D eigenvalue weighted by molar-refractivity contribution is 5.36. The van der Waals surface area contributed by atoms with Crippen LogP contribution in [0.5, 0.6) is 11.5 Å². The van der Waals surface area contributed by atoms with E-state index in [9.17, 15) is 23.9 Å². The Labute approximate surface area is 183 Å². The summed E-state index contributed by atoms with van der Waals surface area (Å²) in [5.74, 6) is -0.482. The molecule has 0 bridgehead atoms. The van der Waals surface area contributed by atoms with Crippen molar-refractivity contribution >= 4 is 0 Å². The average Bonchev–Trinajstić information content (AvgIpc) is 2.82. The molecule has 2 aliphatic heterocycles. The van der Waals surface area contributed by atoms with Gasteiger partial charge in [0, 0.05) is 0 Å². The lowest BCUT2D eigenvalue weighted by Gasteiger charge is -2.33. The van der Waals surface area contributed by atoms with Crippen LogP contribution in [0.2, 0.25) is 0 Å². The van der Waals surface area contributed by atoms with E-state index in [1.54, 1.807) is 0 Å². The van der Waals surface area contributed by atoms with Gasteiger partial charge in [0.15, 0.2) is 0 Å². The van der Waals surface area contributed by atoms with E-state index in [1.807, 2.05) is 0 Å². The van der Waals surface area contributed by atoms with Crippen LogP contribution in [-0.2, 0) is 12.8 Å². The van der Waals surface area contributed by atoms with Crippen LogP contribution in [0.25, 0.3) is 0 Å². The number of fused-ring (bicyclic) bond motifs is 2. The Morgan fingerprint density at radius 1 is 0.968 bits per heavy atom. The minimum atomic E-state index is -3.11. The van der Waals surface area contributed by atoms with Crippen molar-refractivity contribution in [1.29, 1.82) is 0 Å². The van der Waals surface area contributed by atoms with Crippen LogP contribution in [-0.4, -0.2) is 52.6 Å². The van der Waals surface area contributed by atoms with Crippen molar-refractivity contribution in [3.63, 3.8) is 0 Å². The van der Waals surface area contributed by atoms with Gasteiger partial charge in [-0.2, -0.15) is 0 Å². The summed E-state index contributed by atoms with van der Waals surface area (Å²) in [6.45, 7) is -6.21. The molecule has 4 rings (SSSR count). The number of ether oxygens (including phenoxy) is 2. The molecule has 0 saturated heterocycles. The summed E-state index contributed by atoms with van der Waals surface area (Å²) in [7, 11) is 0. The summed E-state index contributed by atoms with van der Waals surface area (Å²) in [5.41, 5.74) is 1.06. The molecule has 4 atom stereocenters. The van der Waals surface area contributed by atoms with E-state index in [-0.39, 0.29) is 42.2 Å². The highest BCUT2D eigenvalue weighted by atomic mass is 19.1. The maximum Gasteiger partial charge on any atom is 0.127 e. The number of aliphatic hydroxyl groups is 2. The lowest BCUT2D eigenvalue weighted by atomic mass is 9.98. The van der Waals surface area contributed by atoms with E-state index in [0.717, 1.165) is 12.1 Å². The molecule has 0 spiro atoms. The molecule has 2 aromatic rings. The zero-order chi connectivity index (χ0) is 25.5. The van der Waals surface area contributed by atoms with Gasteiger partial charge >= 0.3 is 0 Å². The molecule has 166 valence electrons. The van der Waals surface area contributed by atoms with Crippen LogP contribution in [0, 0.1) is 16.5 Å². The minimum Gasteiger partial charge on any atom is -0.487 e. The Morgan fingerprint density at radius 2 is 1.42 bits per heavy atom. The van der Waals surface area contributed by atoms with Gasteiger partial charge in [0.2, 0.25) is 0 Å². The summed E-state index contributed by atoms with van der Waals surface area (Å²) < 4.78 is 71.4. The third kappa shape index (κ3) is 4.94. The third-order valence-corrected chi connectivity index (χ3v) is 5.29. The van der Waals surface area contributed by atoms with Gasteiger partial charge in [-0.05, 0) is 73.2 Å². The van der Waals surface area contributed by atoms with Crippen molar-refractivity contribution in [3.05, 3.63) is 64.1 Å². The molecular formula is C22H24F2N2O5. The summed E-state index contributed by atoms with van der Waals surface area (Å²) >= 11 is 0. The second-order valence-electron chi connectivity index (χ2n) is 7.44. The average molecular weight is 438 g/mol. The molecule has 7 nitrogen and oxygen atoms in total. The van der Waals surface area contributed by atoms with Crippen molar-refractivity contribution in [1.82, 2.24) is 5.01 Å². The van der Waals surface area contributed by atoms with E-state index in [4.69, 9.17) is 15.0 Å². The topological polar surface area (TPSA) is 91.6 Å². The number of benzene rings is 2. The first kappa shape index (κ1) is 16.9. The van der Waals surface area contributed by atoms with Crippen LogP contribution in [0.3, 0.4) is 0 Å². The summed E-state index contributed by atoms with van der Waals surface area (Å²) in [5, 5.41) is 23.8. The Hall–Kier alpha value is -2.78. The van der Waals surface area contributed by atoms with Crippen LogP contribution >= 0.6 is 0 Å². The quantitative estimate of drug-likeness (QED) is 0.510. The van der Waals surface area contributed by atoms with Gasteiger partial charge in [0.25, 0.3) is 0 Å². The van der Waals surface area contributed by atoms with Crippen LogP contribution in [0.4, 0.5) is 8.78 Å². The first-order valence-electron chi connectivity index (χ1n) is 11.8. The molecule has 2 aliphatic rings. The van der Waals surface area contributed by atoms with E-state index in [0.29, 0.717) is 11.1 Å². The molecular weight excluding hydrogens is 410 g/mol. The van der Waals surface area contributed by atoms with Crippen LogP contribution in [0.1, 0.15) is 29.5 Å². The van der Waals surface area contributed by atoms with Gasteiger partial charge in [-0.15, -0.1) is 4.91 Å². The maximum absolute atomic E-state index is 13.4. The molecule has 0 aromatic heterocycles. The molecule has 2 heterocycles. The number of hydrogen-bond acceptors (Lipinski definition) is 6. The monoisotopic (exact) mass is 438 g/mol. The summed E-state index contributed by atoms with van der Waals surface area (Å²) in [6.07, 6.45) is -5.88. The number of nitrogens with zero attached hydrogens (tertiary/aromatic N) is 2. The standard InChI is InChI=1S/C22H24F2N2O5/c23-15-3-7-19-13(9-15)1-5-21(30-19)17(27)11-26(25-29)12-18(28)22-6-2-14-10-16(24)4-8-20(14)31-22/h3-4,7-10,17-18,21-22,27-28H,1-2,5-6,11-12H2/i11D2,12D2. The Bertz CT molecular complexity index is 1030. The lowest BCUT2D eigenvalue weighted by Crippen LogP contribution is -2.46. The Kier molecular flexibility index (Phi) is 4.98. The number of hydrogen-bond donors (Lipinski definition) is 2. The fraction of sp³-hybridized carbons (Fsp3) is 0.455. The molecule has 2 aromatic carbocycles. The van der Waals surface area contributed by atoms with E-state index in [1.165, 1.54) is 24.3 Å². The van der Waals surface area contributed by atoms with Crippen molar-refractivity contribution in [3.8, 4) is 11.5 Å². The summed E-state index contributed by atoms with van der Waals surface area (Å²) in [4.78, 5) is 11.7. The molecule has 31 heavy (non-hydrogen) atoms. The van der Waals surface area contributed by atoms with Crippen molar-refractivity contribution in [2.75, 3.05) is 13.0 Å². The summed E-state index contributed by atoms with van der Waals surface area (Å²) in [6, 6.07) is 7.49. The Balaban J connectivity index is 1.52. The van der Waals surface area contributed by atoms with Crippen molar-refractivity contribution in [2.24, 2.45) is 5.29 Å². The van der Waals surface area contributed by atoms with E-state index >= 15 is 0 Å². The zero-order valence-electron chi connectivity index (χ0n) is 20.4. The fourth-order valence-corrected chi connectivity index (χ4v) is 3.70. The molecule has 0 amide bonds. The molecule has 0 fully saturated rings. The van der Waals surface area contributed by atoms with Gasteiger partial charge in [0.1, 0.15) is 47.5 Å². The molecule has 9 heteroatoms. The number of nitroso groups, excluding NO2 is 1. The van der Waals surface area contributed by atoms with E-state index in [2.05, 4.69) is 5.29 Å². The van der Waals surface area contributed by atoms with E-state index < -0.39 is 49.0 Å². The minimum absolute atomic E-state index is 0.0639. The number of aliphatic hydroxyl groups excluding tert-OH is 2. The zero-order valence-corrected chi connectivity index (χ0v) is 16.4. The molecule has 0 aliphatic carbocycles. The first-order chi connectivity index (χ1) is 16.4. The fourth-order valence-electron chi connectivity index (χ4n) is 3.70. The maximum atomic E-state index is 13.4. The van der Waals surface area contributed by atoms with Gasteiger partial charge in [0.05, 0.1) is 23.8 Å². The van der Waals surface area contributed by atoms with Crippen molar-refractivity contribution in [2.45, 2.75) is 50.1 Å². The SMILES string of the molecule is [2H]C([2H])(C(O)C1CCc2cc(F)ccc2O1)N(N=O)C([2H])([2H])C(O)C1CCc2cc(F)ccc2O1. The molecule has 4 unspecified atom stereocenters. The number of halogens is 2. The second kappa shape index (κ2) is 9.15. The number of aryl methyl sites for hydroxylation is 2. The van der Waals surface area contributed by atoms with Crippen molar-refractivity contribution < 1.29 is 34.0 Å². The van der Waals surface area contributed by atoms with Gasteiger partial charge in [-0.25, -0.2) is 8.78 Å². The molecule has 0 saturated carbocycles.